The van der Waals surface area contributed by atoms with Crippen molar-refractivity contribution in [2.24, 2.45) is 0 Å². The van der Waals surface area contributed by atoms with E-state index >= 15 is 0 Å². The molecular formula is C12H20N2O2. The number of nitrogen functional groups attached to an aromatic ring is 1. The summed E-state index contributed by atoms with van der Waals surface area (Å²) in [6, 6.07) is 5.23. The third-order valence-electron chi connectivity index (χ3n) is 2.45. The predicted molar refractivity (Wildman–Crippen MR) is 65.2 cm³/mol. The SMILES string of the molecule is CCCN(CCO)Cc1ccc(O)c(N)c1. The van der Waals surface area contributed by atoms with Gasteiger partial charge < -0.3 is 15.9 Å². The molecule has 0 aliphatic rings. The summed E-state index contributed by atoms with van der Waals surface area (Å²) in [6.07, 6.45) is 1.05. The first kappa shape index (κ1) is 12.8. The fraction of sp³-hybridized carbons (Fsp3) is 0.500. The van der Waals surface area contributed by atoms with Crippen LogP contribution >= 0.6 is 0 Å². The van der Waals surface area contributed by atoms with Crippen LogP contribution in [0.25, 0.3) is 0 Å². The van der Waals surface area contributed by atoms with Gasteiger partial charge in [-0.15, -0.1) is 0 Å². The van der Waals surface area contributed by atoms with Crippen LogP contribution in [-0.2, 0) is 6.54 Å². The number of nitrogens with zero attached hydrogens (tertiary/aromatic N) is 1. The fourth-order valence-corrected chi connectivity index (χ4v) is 1.69. The number of benzene rings is 1. The van der Waals surface area contributed by atoms with Gasteiger partial charge in [0.15, 0.2) is 0 Å². The Morgan fingerprint density at radius 1 is 1.31 bits per heavy atom. The highest BCUT2D eigenvalue weighted by molar-refractivity contribution is 5.53. The normalized spacial score (nSPS) is 10.9. The number of rotatable bonds is 6. The van der Waals surface area contributed by atoms with E-state index in [0.29, 0.717) is 12.2 Å². The molecule has 0 saturated heterocycles. The van der Waals surface area contributed by atoms with Gasteiger partial charge in [-0.2, -0.15) is 0 Å². The van der Waals surface area contributed by atoms with Crippen LogP contribution in [0.2, 0.25) is 0 Å². The minimum Gasteiger partial charge on any atom is -0.506 e. The van der Waals surface area contributed by atoms with Crippen molar-refractivity contribution < 1.29 is 10.2 Å². The highest BCUT2D eigenvalue weighted by Crippen LogP contribution is 2.21. The highest BCUT2D eigenvalue weighted by atomic mass is 16.3. The molecule has 0 saturated carbocycles. The highest BCUT2D eigenvalue weighted by Gasteiger charge is 2.05. The van der Waals surface area contributed by atoms with E-state index in [0.717, 1.165) is 25.1 Å². The lowest BCUT2D eigenvalue weighted by molar-refractivity contribution is 0.190. The minimum absolute atomic E-state index is 0.118. The van der Waals surface area contributed by atoms with Gasteiger partial charge in [0.05, 0.1) is 12.3 Å². The molecule has 4 N–H and O–H groups in total. The summed E-state index contributed by atoms with van der Waals surface area (Å²) >= 11 is 0. The summed E-state index contributed by atoms with van der Waals surface area (Å²) in [5.41, 5.74) is 7.08. The number of nitrogens with two attached hydrogens (primary N) is 1. The zero-order valence-corrected chi connectivity index (χ0v) is 9.69. The van der Waals surface area contributed by atoms with Gasteiger partial charge in [-0.3, -0.25) is 4.90 Å². The molecule has 1 aromatic carbocycles. The second-order valence-electron chi connectivity index (χ2n) is 3.89. The Balaban J connectivity index is 2.65. The van der Waals surface area contributed by atoms with E-state index in [1.54, 1.807) is 12.1 Å². The molecule has 90 valence electrons. The molecule has 0 heterocycles. The maximum absolute atomic E-state index is 9.31. The Labute approximate surface area is 96.3 Å². The van der Waals surface area contributed by atoms with Gasteiger partial charge in [0.25, 0.3) is 0 Å². The van der Waals surface area contributed by atoms with Crippen LogP contribution in [-0.4, -0.2) is 34.8 Å². The van der Waals surface area contributed by atoms with Crippen molar-refractivity contribution in [1.29, 1.82) is 0 Å². The van der Waals surface area contributed by atoms with Crippen LogP contribution in [0.1, 0.15) is 18.9 Å². The van der Waals surface area contributed by atoms with Gasteiger partial charge in [-0.25, -0.2) is 0 Å². The van der Waals surface area contributed by atoms with E-state index in [1.807, 2.05) is 6.07 Å². The Morgan fingerprint density at radius 3 is 2.62 bits per heavy atom. The lowest BCUT2D eigenvalue weighted by atomic mass is 10.1. The number of anilines is 1. The fourth-order valence-electron chi connectivity index (χ4n) is 1.69. The van der Waals surface area contributed by atoms with Crippen LogP contribution < -0.4 is 5.73 Å². The van der Waals surface area contributed by atoms with Crippen LogP contribution in [0.4, 0.5) is 5.69 Å². The molecule has 0 radical (unpaired) electrons. The molecule has 4 nitrogen and oxygen atoms in total. The number of aromatic hydroxyl groups is 1. The van der Waals surface area contributed by atoms with E-state index in [9.17, 15) is 5.11 Å². The number of phenols is 1. The summed E-state index contributed by atoms with van der Waals surface area (Å²) in [5, 5.41) is 18.2. The third-order valence-corrected chi connectivity index (χ3v) is 2.45. The standard InChI is InChI=1S/C12H20N2O2/c1-2-5-14(6-7-15)9-10-3-4-12(16)11(13)8-10/h3-4,8,15-16H,2,5-7,9,13H2,1H3. The lowest BCUT2D eigenvalue weighted by Crippen LogP contribution is -2.27. The summed E-state index contributed by atoms with van der Waals surface area (Å²) in [7, 11) is 0. The van der Waals surface area contributed by atoms with Crippen molar-refractivity contribution in [2.75, 3.05) is 25.4 Å². The van der Waals surface area contributed by atoms with E-state index in [1.165, 1.54) is 0 Å². The topological polar surface area (TPSA) is 69.7 Å². The summed E-state index contributed by atoms with van der Waals surface area (Å²) in [4.78, 5) is 2.16. The average Bonchev–Trinajstić information content (AvgIpc) is 2.24. The second-order valence-corrected chi connectivity index (χ2v) is 3.89. The average molecular weight is 224 g/mol. The zero-order chi connectivity index (χ0) is 12.0. The van der Waals surface area contributed by atoms with Crippen LogP contribution in [0, 0.1) is 0 Å². The molecule has 0 fully saturated rings. The van der Waals surface area contributed by atoms with Crippen molar-refractivity contribution in [3.05, 3.63) is 23.8 Å². The molecule has 0 bridgehead atoms. The molecule has 16 heavy (non-hydrogen) atoms. The molecular weight excluding hydrogens is 204 g/mol. The van der Waals surface area contributed by atoms with E-state index in [-0.39, 0.29) is 12.4 Å². The molecule has 0 aliphatic carbocycles. The number of aliphatic hydroxyl groups is 1. The number of hydrogen-bond donors (Lipinski definition) is 3. The Morgan fingerprint density at radius 2 is 2.06 bits per heavy atom. The van der Waals surface area contributed by atoms with Crippen molar-refractivity contribution in [3.63, 3.8) is 0 Å². The molecule has 0 atom stereocenters. The molecule has 1 rings (SSSR count). The number of hydrogen-bond acceptors (Lipinski definition) is 4. The first-order valence-electron chi connectivity index (χ1n) is 5.58. The number of aliphatic hydroxyl groups excluding tert-OH is 1. The van der Waals surface area contributed by atoms with Gasteiger partial charge in [0.2, 0.25) is 0 Å². The first-order valence-corrected chi connectivity index (χ1v) is 5.58. The van der Waals surface area contributed by atoms with Gasteiger partial charge in [0, 0.05) is 13.1 Å². The molecule has 4 heteroatoms. The quantitative estimate of drug-likeness (QED) is 0.501. The lowest BCUT2D eigenvalue weighted by Gasteiger charge is -2.20. The first-order chi connectivity index (χ1) is 7.67. The Bertz CT molecular complexity index is 323. The third kappa shape index (κ3) is 3.72. The molecule has 0 aliphatic heterocycles. The zero-order valence-electron chi connectivity index (χ0n) is 9.69. The maximum Gasteiger partial charge on any atom is 0.138 e. The van der Waals surface area contributed by atoms with Crippen molar-refractivity contribution in [3.8, 4) is 5.75 Å². The van der Waals surface area contributed by atoms with Crippen LogP contribution in [0.5, 0.6) is 5.75 Å². The van der Waals surface area contributed by atoms with Gasteiger partial charge in [-0.05, 0) is 30.7 Å². The monoisotopic (exact) mass is 224 g/mol. The molecule has 1 aromatic rings. The second kappa shape index (κ2) is 6.35. The molecule has 0 aromatic heterocycles. The van der Waals surface area contributed by atoms with Crippen LogP contribution in [0.15, 0.2) is 18.2 Å². The van der Waals surface area contributed by atoms with Gasteiger partial charge in [0.1, 0.15) is 5.75 Å². The summed E-state index contributed by atoms with van der Waals surface area (Å²) < 4.78 is 0. The van der Waals surface area contributed by atoms with E-state index in [2.05, 4.69) is 11.8 Å². The van der Waals surface area contributed by atoms with Gasteiger partial charge in [-0.1, -0.05) is 13.0 Å². The number of phenolic OH excluding ortho intramolecular Hbond substituents is 1. The molecule has 0 unspecified atom stereocenters. The smallest absolute Gasteiger partial charge is 0.138 e. The van der Waals surface area contributed by atoms with Crippen LogP contribution in [0.3, 0.4) is 0 Å². The molecule has 0 amide bonds. The van der Waals surface area contributed by atoms with Crippen molar-refractivity contribution >= 4 is 5.69 Å². The van der Waals surface area contributed by atoms with E-state index < -0.39 is 0 Å². The Kier molecular flexibility index (Phi) is 5.08. The van der Waals surface area contributed by atoms with Crippen molar-refractivity contribution in [2.45, 2.75) is 19.9 Å². The Hall–Kier alpha value is -1.26. The summed E-state index contributed by atoms with van der Waals surface area (Å²) in [5.74, 6) is 0.118. The largest absolute Gasteiger partial charge is 0.506 e. The van der Waals surface area contributed by atoms with Gasteiger partial charge >= 0.3 is 0 Å². The summed E-state index contributed by atoms with van der Waals surface area (Å²) in [6.45, 7) is 4.62. The van der Waals surface area contributed by atoms with Crippen molar-refractivity contribution in [1.82, 2.24) is 4.90 Å². The predicted octanol–water partition coefficient (Wildman–Crippen LogP) is 1.18. The minimum atomic E-state index is 0.118. The molecule has 0 spiro atoms. The maximum atomic E-state index is 9.31. The van der Waals surface area contributed by atoms with E-state index in [4.69, 9.17) is 10.8 Å².